The molecule has 0 aromatic carbocycles. The topological polar surface area (TPSA) is 58.4 Å². The number of likely N-dealkylation sites (tertiary alicyclic amines) is 1. The third-order valence-electron chi connectivity index (χ3n) is 3.90. The van der Waals surface area contributed by atoms with Gasteiger partial charge in [0.15, 0.2) is 15.6 Å². The molecule has 2 aromatic heterocycles. The molecule has 1 saturated heterocycles. The molecule has 2 unspecified atom stereocenters. The third-order valence-corrected chi connectivity index (χ3v) is 5.13. The lowest BCUT2D eigenvalue weighted by atomic mass is 9.92. The van der Waals surface area contributed by atoms with Crippen LogP contribution in [0.1, 0.15) is 36.5 Å². The van der Waals surface area contributed by atoms with Gasteiger partial charge in [0.05, 0.1) is 5.69 Å². The lowest BCUT2D eigenvalue weighted by Crippen LogP contribution is -2.38. The lowest BCUT2D eigenvalue weighted by Gasteiger charge is -2.34. The quantitative estimate of drug-likeness (QED) is 0.838. The maximum Gasteiger partial charge on any atom is 0.293 e. The van der Waals surface area contributed by atoms with Gasteiger partial charge in [-0.25, -0.2) is 4.98 Å². The molecule has 0 radical (unpaired) electrons. The molecule has 0 spiro atoms. The molecule has 0 bridgehead atoms. The number of hydrogen-bond acceptors (Lipinski definition) is 5. The minimum Gasteiger partial charge on any atom is -0.444 e. The Morgan fingerprint density at radius 3 is 2.83 bits per heavy atom. The van der Waals surface area contributed by atoms with E-state index in [0.29, 0.717) is 9.80 Å². The third kappa shape index (κ3) is 4.43. The molecular weight excluding hydrogens is 378 g/mol. The second-order valence-electron chi connectivity index (χ2n) is 6.34. The summed E-state index contributed by atoms with van der Waals surface area (Å²) < 4.78 is 5.78. The monoisotopic (exact) mass is 397 g/mol. The van der Waals surface area contributed by atoms with Gasteiger partial charge in [-0.2, -0.15) is 0 Å². The van der Waals surface area contributed by atoms with E-state index < -0.39 is 0 Å². The van der Waals surface area contributed by atoms with Crippen LogP contribution in [0.15, 0.2) is 26.6 Å². The zero-order valence-corrected chi connectivity index (χ0v) is 15.6. The number of carbonyl (C=O) groups excluding carboxylic acids is 1. The average molecular weight is 398 g/mol. The molecule has 0 aliphatic carbocycles. The van der Waals surface area contributed by atoms with E-state index in [1.807, 2.05) is 5.38 Å². The summed E-state index contributed by atoms with van der Waals surface area (Å²) in [7, 11) is 0. The minimum absolute atomic E-state index is 0.271. The van der Waals surface area contributed by atoms with Crippen LogP contribution in [0.4, 0.5) is 5.13 Å². The number of aromatic nitrogens is 1. The predicted molar refractivity (Wildman–Crippen MR) is 94.7 cm³/mol. The summed E-state index contributed by atoms with van der Waals surface area (Å²) in [6.45, 7) is 7.68. The van der Waals surface area contributed by atoms with Crippen LogP contribution in [0.3, 0.4) is 0 Å². The number of piperidine rings is 1. The maximum absolute atomic E-state index is 12.0. The number of anilines is 1. The van der Waals surface area contributed by atoms with Gasteiger partial charge in [-0.15, -0.1) is 11.3 Å². The van der Waals surface area contributed by atoms with E-state index in [0.717, 1.165) is 37.2 Å². The van der Waals surface area contributed by atoms with Gasteiger partial charge in [-0.3, -0.25) is 15.0 Å². The fourth-order valence-electron chi connectivity index (χ4n) is 3.18. The van der Waals surface area contributed by atoms with Crippen LogP contribution < -0.4 is 5.32 Å². The summed E-state index contributed by atoms with van der Waals surface area (Å²) >= 11 is 4.64. The molecule has 0 saturated carbocycles. The van der Waals surface area contributed by atoms with Crippen LogP contribution in [-0.4, -0.2) is 28.9 Å². The van der Waals surface area contributed by atoms with E-state index in [4.69, 9.17) is 4.42 Å². The van der Waals surface area contributed by atoms with Gasteiger partial charge in [0.25, 0.3) is 5.91 Å². The maximum atomic E-state index is 12.0. The van der Waals surface area contributed by atoms with Gasteiger partial charge in [0.2, 0.25) is 0 Å². The molecule has 1 N–H and O–H groups in total. The number of halogens is 1. The number of hydrogen-bond donors (Lipinski definition) is 1. The van der Waals surface area contributed by atoms with Gasteiger partial charge in [-0.1, -0.05) is 13.8 Å². The van der Waals surface area contributed by atoms with Crippen molar-refractivity contribution >= 4 is 38.3 Å². The van der Waals surface area contributed by atoms with E-state index in [1.54, 1.807) is 12.1 Å². The van der Waals surface area contributed by atoms with E-state index in [2.05, 4.69) is 45.0 Å². The Labute approximate surface area is 148 Å². The number of nitrogens with zero attached hydrogens (tertiary/aromatic N) is 2. The molecule has 7 heteroatoms. The van der Waals surface area contributed by atoms with E-state index in [9.17, 15) is 4.79 Å². The van der Waals surface area contributed by atoms with E-state index >= 15 is 0 Å². The van der Waals surface area contributed by atoms with Crippen molar-refractivity contribution in [3.63, 3.8) is 0 Å². The van der Waals surface area contributed by atoms with Gasteiger partial charge in [-0.05, 0) is 46.3 Å². The summed E-state index contributed by atoms with van der Waals surface area (Å²) in [5.41, 5.74) is 1.01. The molecule has 3 rings (SSSR count). The molecule has 3 heterocycles. The Kier molecular flexibility index (Phi) is 5.18. The van der Waals surface area contributed by atoms with Crippen LogP contribution in [0.2, 0.25) is 0 Å². The van der Waals surface area contributed by atoms with Gasteiger partial charge >= 0.3 is 0 Å². The highest BCUT2D eigenvalue weighted by atomic mass is 79.9. The standard InChI is InChI=1S/C16H20BrN3O2S/c1-10-5-11(2)7-20(6-10)8-12-9-23-16(18-12)19-15(21)13-3-4-14(17)22-13/h3-4,9-11H,5-8H2,1-2H3,(H,18,19,21). The summed E-state index contributed by atoms with van der Waals surface area (Å²) in [5, 5.41) is 5.40. The smallest absolute Gasteiger partial charge is 0.293 e. The number of rotatable bonds is 4. The van der Waals surface area contributed by atoms with Crippen molar-refractivity contribution < 1.29 is 9.21 Å². The summed E-state index contributed by atoms with van der Waals surface area (Å²) in [6, 6.07) is 3.32. The molecule has 2 aromatic rings. The van der Waals surface area contributed by atoms with E-state index in [1.165, 1.54) is 17.8 Å². The van der Waals surface area contributed by atoms with Crippen molar-refractivity contribution in [3.8, 4) is 0 Å². The number of nitrogens with one attached hydrogen (secondary N) is 1. The number of amides is 1. The van der Waals surface area contributed by atoms with Crippen molar-refractivity contribution in [1.29, 1.82) is 0 Å². The van der Waals surface area contributed by atoms with Crippen molar-refractivity contribution in [2.45, 2.75) is 26.8 Å². The Morgan fingerprint density at radius 1 is 1.43 bits per heavy atom. The van der Waals surface area contributed by atoms with Gasteiger partial charge in [0.1, 0.15) is 0 Å². The van der Waals surface area contributed by atoms with Crippen LogP contribution >= 0.6 is 27.3 Å². The van der Waals surface area contributed by atoms with Crippen molar-refractivity contribution in [2.24, 2.45) is 11.8 Å². The minimum atomic E-state index is -0.281. The SMILES string of the molecule is CC1CC(C)CN(Cc2csc(NC(=O)c3ccc(Br)o3)n2)C1. The van der Waals surface area contributed by atoms with Gasteiger partial charge in [0, 0.05) is 25.0 Å². The first-order valence-electron chi connectivity index (χ1n) is 7.73. The van der Waals surface area contributed by atoms with Crippen LogP contribution in [-0.2, 0) is 6.54 Å². The Balaban J connectivity index is 1.58. The largest absolute Gasteiger partial charge is 0.444 e. The van der Waals surface area contributed by atoms with Crippen LogP contribution in [0.5, 0.6) is 0 Å². The molecule has 2 atom stereocenters. The fraction of sp³-hybridized carbons (Fsp3) is 0.500. The highest BCUT2D eigenvalue weighted by molar-refractivity contribution is 9.10. The van der Waals surface area contributed by atoms with Gasteiger partial charge < -0.3 is 4.42 Å². The Morgan fingerprint density at radius 2 is 2.17 bits per heavy atom. The second-order valence-corrected chi connectivity index (χ2v) is 7.98. The first-order valence-corrected chi connectivity index (χ1v) is 9.40. The number of furan rings is 1. The zero-order chi connectivity index (χ0) is 16.4. The molecule has 124 valence electrons. The average Bonchev–Trinajstić information content (AvgIpc) is 3.07. The number of thiazole rings is 1. The first kappa shape index (κ1) is 16.7. The van der Waals surface area contributed by atoms with Crippen molar-refractivity contribution in [3.05, 3.63) is 33.6 Å². The molecule has 1 amide bonds. The van der Waals surface area contributed by atoms with E-state index in [-0.39, 0.29) is 11.7 Å². The molecule has 1 aliphatic heterocycles. The summed E-state index contributed by atoms with van der Waals surface area (Å²) in [5.74, 6) is 1.45. The summed E-state index contributed by atoms with van der Waals surface area (Å²) in [6.07, 6.45) is 1.30. The second kappa shape index (κ2) is 7.15. The fourth-order valence-corrected chi connectivity index (χ4v) is 4.19. The highest BCUT2D eigenvalue weighted by Gasteiger charge is 2.22. The zero-order valence-electron chi connectivity index (χ0n) is 13.2. The molecule has 23 heavy (non-hydrogen) atoms. The Bertz CT molecular complexity index is 674. The molecular formula is C16H20BrN3O2S. The predicted octanol–water partition coefficient (Wildman–Crippen LogP) is 4.23. The summed E-state index contributed by atoms with van der Waals surface area (Å²) in [4.78, 5) is 19.0. The first-order chi connectivity index (χ1) is 11.0. The van der Waals surface area contributed by atoms with Crippen molar-refractivity contribution in [1.82, 2.24) is 9.88 Å². The lowest BCUT2D eigenvalue weighted by molar-refractivity contribution is 0.0995. The van der Waals surface area contributed by atoms with Crippen LogP contribution in [0, 0.1) is 11.8 Å². The Hall–Kier alpha value is -1.18. The highest BCUT2D eigenvalue weighted by Crippen LogP contribution is 2.24. The molecule has 1 fully saturated rings. The normalized spacial score (nSPS) is 22.2. The van der Waals surface area contributed by atoms with Crippen molar-refractivity contribution in [2.75, 3.05) is 18.4 Å². The van der Waals surface area contributed by atoms with Crippen LogP contribution in [0.25, 0.3) is 0 Å². The molecule has 5 nitrogen and oxygen atoms in total. The number of carbonyl (C=O) groups is 1. The molecule has 1 aliphatic rings.